The van der Waals surface area contributed by atoms with Crippen molar-refractivity contribution in [2.45, 2.75) is 43.9 Å². The lowest BCUT2D eigenvalue weighted by atomic mass is 9.74. The normalized spacial score (nSPS) is 19.7. The van der Waals surface area contributed by atoms with Crippen LogP contribution < -0.4 is 5.73 Å². The topological polar surface area (TPSA) is 29.3 Å². The van der Waals surface area contributed by atoms with Crippen molar-refractivity contribution in [2.75, 3.05) is 26.4 Å². The van der Waals surface area contributed by atoms with E-state index >= 15 is 0 Å². The molecule has 1 aliphatic rings. The van der Waals surface area contributed by atoms with Gasteiger partial charge < -0.3 is 10.6 Å². The van der Waals surface area contributed by atoms with E-state index in [4.69, 9.17) is 5.73 Å². The fourth-order valence-electron chi connectivity index (χ4n) is 3.39. The molecule has 1 fully saturated rings. The molecule has 0 atom stereocenters. The maximum Gasteiger partial charge on any atom is 0.0314 e. The second kappa shape index (κ2) is 5.75. The molecule has 0 aliphatic heterocycles. The van der Waals surface area contributed by atoms with Crippen molar-refractivity contribution < 1.29 is 0 Å². The number of benzene rings is 1. The predicted molar refractivity (Wildman–Crippen MR) is 78.8 cm³/mol. The number of nitrogens with two attached hydrogens (primary N) is 1. The summed E-state index contributed by atoms with van der Waals surface area (Å²) in [4.78, 5) is 2.33. The summed E-state index contributed by atoms with van der Waals surface area (Å²) in [6.07, 6.45) is 8.13. The van der Waals surface area contributed by atoms with Crippen LogP contribution in [0.2, 0.25) is 0 Å². The molecule has 2 heteroatoms. The quantitative estimate of drug-likeness (QED) is 0.654. The molecule has 2 rings (SSSR count). The lowest BCUT2D eigenvalue weighted by Gasteiger charge is -2.36. The van der Waals surface area contributed by atoms with Crippen LogP contribution in [0.3, 0.4) is 0 Å². The first-order valence-electron chi connectivity index (χ1n) is 7.13. The predicted octanol–water partition coefficient (Wildman–Crippen LogP) is 3.42. The van der Waals surface area contributed by atoms with E-state index in [9.17, 15) is 0 Å². The average molecular weight is 246 g/mol. The number of rotatable bonds is 3. The third-order valence-corrected chi connectivity index (χ3v) is 4.20. The number of nitrogens with zero attached hydrogens (tertiary/aromatic N) is 1. The average Bonchev–Trinajstić information content (AvgIpc) is 2.55. The van der Waals surface area contributed by atoms with Gasteiger partial charge in [0.1, 0.15) is 0 Å². The van der Waals surface area contributed by atoms with Crippen LogP contribution in [0.15, 0.2) is 24.3 Å². The molecule has 2 N–H and O–H groups in total. The highest BCUT2D eigenvalue weighted by Crippen LogP contribution is 2.39. The molecule has 0 spiro atoms. The zero-order chi connectivity index (χ0) is 13.0. The van der Waals surface area contributed by atoms with Gasteiger partial charge in [-0.3, -0.25) is 0 Å². The van der Waals surface area contributed by atoms with Crippen molar-refractivity contribution in [1.82, 2.24) is 4.90 Å². The van der Waals surface area contributed by atoms with Crippen molar-refractivity contribution in [3.05, 3.63) is 29.8 Å². The molecule has 1 aromatic rings. The number of hydrogen-bond donors (Lipinski definition) is 1. The number of anilines is 1. The van der Waals surface area contributed by atoms with Crippen molar-refractivity contribution >= 4 is 5.69 Å². The highest BCUT2D eigenvalue weighted by molar-refractivity contribution is 5.41. The van der Waals surface area contributed by atoms with E-state index in [0.717, 1.165) is 12.2 Å². The first-order valence-corrected chi connectivity index (χ1v) is 7.13. The summed E-state index contributed by atoms with van der Waals surface area (Å²) >= 11 is 0. The Morgan fingerprint density at radius 3 is 2.06 bits per heavy atom. The Kier molecular flexibility index (Phi) is 4.28. The SMILES string of the molecule is CN(C)CC1(c2ccc(N)cc2)CCCCCC1. The van der Waals surface area contributed by atoms with Gasteiger partial charge in [-0.2, -0.15) is 0 Å². The van der Waals surface area contributed by atoms with Crippen LogP contribution in [0.5, 0.6) is 0 Å². The summed E-state index contributed by atoms with van der Waals surface area (Å²) in [5, 5.41) is 0. The van der Waals surface area contributed by atoms with E-state index in [1.54, 1.807) is 0 Å². The fraction of sp³-hybridized carbons (Fsp3) is 0.625. The minimum Gasteiger partial charge on any atom is -0.399 e. The third kappa shape index (κ3) is 3.05. The van der Waals surface area contributed by atoms with Crippen LogP contribution in [-0.4, -0.2) is 25.5 Å². The monoisotopic (exact) mass is 246 g/mol. The van der Waals surface area contributed by atoms with E-state index in [1.807, 2.05) is 0 Å². The van der Waals surface area contributed by atoms with E-state index in [-0.39, 0.29) is 0 Å². The first kappa shape index (κ1) is 13.4. The molecule has 0 bridgehead atoms. The largest absolute Gasteiger partial charge is 0.399 e. The van der Waals surface area contributed by atoms with Gasteiger partial charge in [0.2, 0.25) is 0 Å². The Labute approximate surface area is 111 Å². The van der Waals surface area contributed by atoms with Gasteiger partial charge in [0, 0.05) is 17.6 Å². The molecule has 0 saturated heterocycles. The molecule has 1 saturated carbocycles. The molecule has 100 valence electrons. The zero-order valence-corrected chi connectivity index (χ0v) is 11.8. The second-order valence-electron chi connectivity index (χ2n) is 6.05. The molecule has 0 radical (unpaired) electrons. The zero-order valence-electron chi connectivity index (χ0n) is 11.8. The summed E-state index contributed by atoms with van der Waals surface area (Å²) in [5.74, 6) is 0. The highest BCUT2D eigenvalue weighted by atomic mass is 15.1. The summed E-state index contributed by atoms with van der Waals surface area (Å²) in [5.41, 5.74) is 8.51. The van der Waals surface area contributed by atoms with Gasteiger partial charge in [-0.1, -0.05) is 37.8 Å². The highest BCUT2D eigenvalue weighted by Gasteiger charge is 2.33. The van der Waals surface area contributed by atoms with Crippen LogP contribution in [0.25, 0.3) is 0 Å². The van der Waals surface area contributed by atoms with Gasteiger partial charge in [-0.05, 0) is 44.6 Å². The minimum atomic E-state index is 0.341. The molecular formula is C16H26N2. The van der Waals surface area contributed by atoms with Gasteiger partial charge in [-0.15, -0.1) is 0 Å². The summed E-state index contributed by atoms with van der Waals surface area (Å²) < 4.78 is 0. The maximum absolute atomic E-state index is 5.82. The van der Waals surface area contributed by atoms with Crippen molar-refractivity contribution in [1.29, 1.82) is 0 Å². The fourth-order valence-corrected chi connectivity index (χ4v) is 3.39. The van der Waals surface area contributed by atoms with Gasteiger partial charge in [-0.25, -0.2) is 0 Å². The van der Waals surface area contributed by atoms with Crippen LogP contribution >= 0.6 is 0 Å². The van der Waals surface area contributed by atoms with E-state index in [0.29, 0.717) is 5.41 Å². The Morgan fingerprint density at radius 2 is 1.56 bits per heavy atom. The van der Waals surface area contributed by atoms with Crippen LogP contribution in [-0.2, 0) is 5.41 Å². The van der Waals surface area contributed by atoms with Gasteiger partial charge in [0.05, 0.1) is 0 Å². The molecule has 1 aliphatic carbocycles. The first-order chi connectivity index (χ1) is 8.62. The molecule has 0 unspecified atom stereocenters. The number of nitrogen functional groups attached to an aromatic ring is 1. The lowest BCUT2D eigenvalue weighted by molar-refractivity contribution is 0.254. The Morgan fingerprint density at radius 1 is 1.00 bits per heavy atom. The Hall–Kier alpha value is -1.02. The smallest absolute Gasteiger partial charge is 0.0314 e. The standard InChI is InChI=1S/C16H26N2/c1-18(2)13-16(11-5-3-4-6-12-16)14-7-9-15(17)10-8-14/h7-10H,3-6,11-13,17H2,1-2H3. The summed E-state index contributed by atoms with van der Waals surface area (Å²) in [7, 11) is 4.37. The second-order valence-corrected chi connectivity index (χ2v) is 6.05. The number of hydrogen-bond acceptors (Lipinski definition) is 2. The third-order valence-electron chi connectivity index (χ3n) is 4.20. The number of likely N-dealkylation sites (N-methyl/N-ethyl adjacent to an activating group) is 1. The van der Waals surface area contributed by atoms with Gasteiger partial charge >= 0.3 is 0 Å². The molecule has 1 aromatic carbocycles. The van der Waals surface area contributed by atoms with Gasteiger partial charge in [0.25, 0.3) is 0 Å². The van der Waals surface area contributed by atoms with E-state index < -0.39 is 0 Å². The Bertz CT molecular complexity index is 359. The van der Waals surface area contributed by atoms with Crippen LogP contribution in [0.4, 0.5) is 5.69 Å². The van der Waals surface area contributed by atoms with E-state index in [2.05, 4.69) is 43.3 Å². The van der Waals surface area contributed by atoms with Gasteiger partial charge in [0.15, 0.2) is 0 Å². The molecular weight excluding hydrogens is 220 g/mol. The van der Waals surface area contributed by atoms with E-state index in [1.165, 1.54) is 44.1 Å². The van der Waals surface area contributed by atoms with Crippen molar-refractivity contribution in [3.8, 4) is 0 Å². The lowest BCUT2D eigenvalue weighted by Crippen LogP contribution is -2.37. The van der Waals surface area contributed by atoms with Crippen LogP contribution in [0, 0.1) is 0 Å². The van der Waals surface area contributed by atoms with Crippen molar-refractivity contribution in [3.63, 3.8) is 0 Å². The molecule has 18 heavy (non-hydrogen) atoms. The van der Waals surface area contributed by atoms with Crippen molar-refractivity contribution in [2.24, 2.45) is 0 Å². The molecule has 0 heterocycles. The Balaban J connectivity index is 2.30. The minimum absolute atomic E-state index is 0.341. The van der Waals surface area contributed by atoms with Crippen LogP contribution in [0.1, 0.15) is 44.1 Å². The maximum atomic E-state index is 5.82. The summed E-state index contributed by atoms with van der Waals surface area (Å²) in [6, 6.07) is 8.59. The molecule has 0 aromatic heterocycles. The molecule has 2 nitrogen and oxygen atoms in total. The molecule has 0 amide bonds. The summed E-state index contributed by atoms with van der Waals surface area (Å²) in [6.45, 7) is 1.15.